The van der Waals surface area contributed by atoms with E-state index in [4.69, 9.17) is 23.4 Å². The normalized spacial score (nSPS) is 32.2. The molecule has 2 aromatic carbocycles. The van der Waals surface area contributed by atoms with Crippen LogP contribution in [0.25, 0.3) is 22.1 Å². The highest BCUT2D eigenvalue weighted by molar-refractivity contribution is 5.88. The highest BCUT2D eigenvalue weighted by Crippen LogP contribution is 2.33. The van der Waals surface area contributed by atoms with Crippen molar-refractivity contribution in [2.45, 2.75) is 61.4 Å². The average molecular weight is 622 g/mol. The maximum Gasteiger partial charge on any atom is 0.335 e. The Bertz CT molecular complexity index is 1600. The molecule has 236 valence electrons. The van der Waals surface area contributed by atoms with Crippen LogP contribution in [-0.2, 0) is 19.1 Å². The van der Waals surface area contributed by atoms with E-state index in [1.165, 1.54) is 24.3 Å². The minimum absolute atomic E-state index is 0.0149. The summed E-state index contributed by atoms with van der Waals surface area (Å²) in [7, 11) is 0. The van der Waals surface area contributed by atoms with E-state index < -0.39 is 84.5 Å². The molecular formula is C27H26O17. The lowest BCUT2D eigenvalue weighted by Crippen LogP contribution is -2.61. The largest absolute Gasteiger partial charge is 0.507 e. The number of carbonyl (C=O) groups is 2. The molecule has 10 atom stereocenters. The molecule has 17 heteroatoms. The number of rotatable bonds is 7. The van der Waals surface area contributed by atoms with E-state index >= 15 is 0 Å². The van der Waals surface area contributed by atoms with Gasteiger partial charge in [0.15, 0.2) is 12.2 Å². The Morgan fingerprint density at radius 2 is 1.18 bits per heavy atom. The van der Waals surface area contributed by atoms with E-state index in [2.05, 4.69) is 0 Å². The summed E-state index contributed by atoms with van der Waals surface area (Å²) in [5, 5.41) is 88.6. The summed E-state index contributed by atoms with van der Waals surface area (Å²) in [6.07, 6.45) is -17.4. The maximum absolute atomic E-state index is 13.3. The lowest BCUT2D eigenvalue weighted by Gasteiger charge is -2.38. The molecule has 2 fully saturated rings. The number of ether oxygens (including phenoxy) is 4. The number of hydrogen-bond donors (Lipinski definition) is 9. The molecule has 0 aliphatic carbocycles. The van der Waals surface area contributed by atoms with Crippen molar-refractivity contribution >= 4 is 22.9 Å². The smallest absolute Gasteiger partial charge is 0.335 e. The molecule has 5 rings (SSSR count). The molecule has 0 amide bonds. The van der Waals surface area contributed by atoms with E-state index in [-0.39, 0.29) is 33.6 Å². The van der Waals surface area contributed by atoms with Crippen molar-refractivity contribution in [2.75, 3.05) is 0 Å². The molecule has 44 heavy (non-hydrogen) atoms. The van der Waals surface area contributed by atoms with E-state index in [9.17, 15) is 60.3 Å². The number of phenolic OH excluding ortho intramolecular Hbond substituents is 1. The number of benzene rings is 2. The van der Waals surface area contributed by atoms with Crippen molar-refractivity contribution < 1.29 is 78.9 Å². The molecule has 2 saturated heterocycles. The number of carboxylic acid groups (broad SMARTS) is 2. The molecule has 0 bridgehead atoms. The summed E-state index contributed by atoms with van der Waals surface area (Å²) >= 11 is 0. The molecular weight excluding hydrogens is 596 g/mol. The zero-order chi connectivity index (χ0) is 32.0. The van der Waals surface area contributed by atoms with Gasteiger partial charge in [-0.3, -0.25) is 4.79 Å². The molecule has 2 aliphatic rings. The van der Waals surface area contributed by atoms with Crippen LogP contribution < -0.4 is 14.9 Å². The van der Waals surface area contributed by atoms with Gasteiger partial charge in [-0.1, -0.05) is 12.1 Å². The molecule has 0 unspecified atom stereocenters. The predicted octanol–water partition coefficient (Wildman–Crippen LogP) is -2.29. The first-order chi connectivity index (χ1) is 20.8. The molecule has 0 radical (unpaired) electrons. The van der Waals surface area contributed by atoms with Gasteiger partial charge >= 0.3 is 11.9 Å². The standard InChI is InChI=1S/C27H26O17/c28-12-5-10(42-27-21(35)17(31)19(33)23(44-27)25(38)39)6-13-14(12)15(29)11(7-40-13)8-1-3-9(4-2-8)41-26-20(34)16(30)18(32)22(43-26)24(36)37/h1-7,16-23,26-28,30-35H,(H,36,37)(H,38,39)/t16-,17-,18-,19-,20+,21+,22-,23-,26+,27+/m0/s1. The quantitative estimate of drug-likeness (QED) is 0.134. The molecule has 17 nitrogen and oxygen atoms in total. The number of aliphatic carboxylic acids is 2. The van der Waals surface area contributed by atoms with Gasteiger partial charge in [-0.2, -0.15) is 0 Å². The fraction of sp³-hybridized carbons (Fsp3) is 0.370. The molecule has 9 N–H and O–H groups in total. The Morgan fingerprint density at radius 1 is 0.682 bits per heavy atom. The van der Waals surface area contributed by atoms with Gasteiger partial charge in [0, 0.05) is 12.1 Å². The zero-order valence-corrected chi connectivity index (χ0v) is 22.1. The zero-order valence-electron chi connectivity index (χ0n) is 22.1. The van der Waals surface area contributed by atoms with E-state index in [1.807, 2.05) is 0 Å². The summed E-state index contributed by atoms with van der Waals surface area (Å²) in [6.45, 7) is 0. The van der Waals surface area contributed by atoms with Crippen LogP contribution in [0.3, 0.4) is 0 Å². The van der Waals surface area contributed by atoms with Gasteiger partial charge in [0.1, 0.15) is 71.1 Å². The Hall–Kier alpha value is -4.33. The van der Waals surface area contributed by atoms with Gasteiger partial charge in [-0.05, 0) is 17.7 Å². The summed E-state index contributed by atoms with van der Waals surface area (Å²) in [5.41, 5.74) is -0.594. The van der Waals surface area contributed by atoms with Crippen molar-refractivity contribution in [1.29, 1.82) is 0 Å². The summed E-state index contributed by atoms with van der Waals surface area (Å²) < 4.78 is 26.5. The fourth-order valence-corrected chi connectivity index (χ4v) is 4.76. The highest BCUT2D eigenvalue weighted by atomic mass is 16.7. The van der Waals surface area contributed by atoms with E-state index in [1.54, 1.807) is 0 Å². The van der Waals surface area contributed by atoms with Crippen molar-refractivity contribution in [1.82, 2.24) is 0 Å². The molecule has 1 aromatic heterocycles. The molecule has 0 spiro atoms. The van der Waals surface area contributed by atoms with Gasteiger partial charge in [0.05, 0.1) is 5.56 Å². The molecule has 3 aromatic rings. The second-order valence-corrected chi connectivity index (χ2v) is 10.0. The number of hydrogen-bond acceptors (Lipinski definition) is 15. The number of aliphatic hydroxyl groups excluding tert-OH is 6. The van der Waals surface area contributed by atoms with Crippen LogP contribution >= 0.6 is 0 Å². The Balaban J connectivity index is 1.35. The van der Waals surface area contributed by atoms with Crippen molar-refractivity contribution in [2.24, 2.45) is 0 Å². The summed E-state index contributed by atoms with van der Waals surface area (Å²) in [4.78, 5) is 35.9. The Labute approximate surface area is 244 Å². The third-order valence-corrected chi connectivity index (χ3v) is 7.13. The van der Waals surface area contributed by atoms with Gasteiger partial charge < -0.3 is 69.3 Å². The van der Waals surface area contributed by atoms with Gasteiger partial charge in [0.25, 0.3) is 0 Å². The minimum atomic E-state index is -1.94. The first-order valence-corrected chi connectivity index (χ1v) is 12.9. The highest BCUT2D eigenvalue weighted by Gasteiger charge is 2.49. The van der Waals surface area contributed by atoms with Crippen LogP contribution in [0.15, 0.2) is 51.9 Å². The summed E-state index contributed by atoms with van der Waals surface area (Å²) in [6, 6.07) is 7.59. The SMILES string of the molecule is O=C(O)[C@H]1O[C@@H](Oc2ccc(-c3coc4cc(O[C@@H]5O[C@H](C(=O)O)[C@@H](O)[C@H](O)[C@H]5O)cc(O)c4c3=O)cc2)[C@H](O)[C@@H](O)[C@@H]1O. The van der Waals surface area contributed by atoms with Crippen LogP contribution in [0.5, 0.6) is 17.2 Å². The minimum Gasteiger partial charge on any atom is -0.507 e. The van der Waals surface area contributed by atoms with Crippen LogP contribution in [0.4, 0.5) is 0 Å². The van der Waals surface area contributed by atoms with Gasteiger partial charge in [-0.15, -0.1) is 0 Å². The van der Waals surface area contributed by atoms with Gasteiger partial charge in [-0.25, -0.2) is 9.59 Å². The third-order valence-electron chi connectivity index (χ3n) is 7.13. The Morgan fingerprint density at radius 3 is 1.68 bits per heavy atom. The monoisotopic (exact) mass is 622 g/mol. The topological polar surface area (TPSA) is 283 Å². The van der Waals surface area contributed by atoms with Crippen LogP contribution in [0, 0.1) is 0 Å². The molecule has 3 heterocycles. The van der Waals surface area contributed by atoms with E-state index in [0.717, 1.165) is 18.4 Å². The maximum atomic E-state index is 13.3. The second kappa shape index (κ2) is 12.0. The van der Waals surface area contributed by atoms with Gasteiger partial charge in [0.2, 0.25) is 18.0 Å². The lowest BCUT2D eigenvalue weighted by atomic mass is 9.99. The fourth-order valence-electron chi connectivity index (χ4n) is 4.76. The van der Waals surface area contributed by atoms with Crippen molar-refractivity contribution in [3.05, 3.63) is 52.9 Å². The third kappa shape index (κ3) is 5.65. The Kier molecular flexibility index (Phi) is 8.47. The number of carboxylic acids is 2. The van der Waals surface area contributed by atoms with Crippen LogP contribution in [-0.4, -0.2) is 119 Å². The van der Waals surface area contributed by atoms with Crippen LogP contribution in [0.1, 0.15) is 0 Å². The van der Waals surface area contributed by atoms with Crippen LogP contribution in [0.2, 0.25) is 0 Å². The van der Waals surface area contributed by atoms with Crippen molar-refractivity contribution in [3.8, 4) is 28.4 Å². The number of phenols is 1. The van der Waals surface area contributed by atoms with E-state index in [0.29, 0.717) is 0 Å². The average Bonchev–Trinajstić information content (AvgIpc) is 2.97. The first kappa shape index (κ1) is 31.1. The first-order valence-electron chi connectivity index (χ1n) is 12.9. The predicted molar refractivity (Wildman–Crippen MR) is 139 cm³/mol. The molecule has 2 aliphatic heterocycles. The number of aromatic hydroxyl groups is 1. The number of fused-ring (bicyclic) bond motifs is 1. The second-order valence-electron chi connectivity index (χ2n) is 10.0. The van der Waals surface area contributed by atoms with Crippen molar-refractivity contribution in [3.63, 3.8) is 0 Å². The number of aliphatic hydroxyl groups is 6. The lowest BCUT2D eigenvalue weighted by molar-refractivity contribution is -0.271. The summed E-state index contributed by atoms with van der Waals surface area (Å²) in [5.74, 6) is -4.02. The molecule has 0 saturated carbocycles.